The first-order valence-electron chi connectivity index (χ1n) is 14.8. The molecule has 10 nitrogen and oxygen atoms in total. The van der Waals surface area contributed by atoms with Crippen molar-refractivity contribution in [3.63, 3.8) is 0 Å². The van der Waals surface area contributed by atoms with Crippen LogP contribution in [0.25, 0.3) is 0 Å². The molecule has 3 aliphatic heterocycles. The van der Waals surface area contributed by atoms with E-state index in [0.717, 1.165) is 0 Å². The summed E-state index contributed by atoms with van der Waals surface area (Å²) in [7, 11) is 0. The van der Waals surface area contributed by atoms with Gasteiger partial charge in [-0.1, -0.05) is 42.5 Å². The molecule has 7 atom stereocenters. The van der Waals surface area contributed by atoms with Gasteiger partial charge in [0.15, 0.2) is 0 Å². The molecule has 4 rings (SSSR count). The third kappa shape index (κ3) is 5.74. The summed E-state index contributed by atoms with van der Waals surface area (Å²) in [5.74, 6) is -3.33. The van der Waals surface area contributed by atoms with Crippen molar-refractivity contribution >= 4 is 23.7 Å². The van der Waals surface area contributed by atoms with E-state index in [1.54, 1.807) is 36.1 Å². The number of ether oxygens (including phenoxy) is 2. The minimum Gasteiger partial charge on any atom is -0.460 e. The molecule has 0 radical (unpaired) electrons. The number of rotatable bonds is 14. The molecular weight excluding hydrogens is 538 g/mol. The van der Waals surface area contributed by atoms with Gasteiger partial charge in [-0.3, -0.25) is 19.2 Å². The molecule has 0 unspecified atom stereocenters. The van der Waals surface area contributed by atoms with E-state index in [4.69, 9.17) is 9.47 Å². The lowest BCUT2D eigenvalue weighted by molar-refractivity contribution is -0.160. The van der Waals surface area contributed by atoms with Gasteiger partial charge in [0.2, 0.25) is 17.7 Å². The lowest BCUT2D eigenvalue weighted by atomic mass is 9.70. The number of likely N-dealkylation sites (tertiary alicyclic amines) is 1. The van der Waals surface area contributed by atoms with Crippen molar-refractivity contribution < 1.29 is 33.8 Å². The van der Waals surface area contributed by atoms with Gasteiger partial charge in [-0.2, -0.15) is 0 Å². The number of benzene rings is 1. The zero-order valence-electron chi connectivity index (χ0n) is 24.7. The molecule has 3 heterocycles. The van der Waals surface area contributed by atoms with Crippen LogP contribution >= 0.6 is 0 Å². The number of aliphatic hydroxyl groups excluding tert-OH is 1. The van der Waals surface area contributed by atoms with Crippen LogP contribution in [-0.2, 0) is 28.7 Å². The molecule has 2 N–H and O–H groups in total. The number of hydrogen-bond acceptors (Lipinski definition) is 7. The lowest BCUT2D eigenvalue weighted by Gasteiger charge is -2.40. The number of carbonyl (C=O) groups excluding carboxylic acids is 4. The molecule has 0 saturated carbocycles. The Bertz CT molecular complexity index is 1190. The van der Waals surface area contributed by atoms with Crippen molar-refractivity contribution in [2.75, 3.05) is 19.7 Å². The van der Waals surface area contributed by atoms with Crippen LogP contribution in [0.3, 0.4) is 0 Å². The molecule has 2 bridgehead atoms. The van der Waals surface area contributed by atoms with Gasteiger partial charge in [0.1, 0.15) is 17.7 Å². The molecule has 228 valence electrons. The van der Waals surface area contributed by atoms with Gasteiger partial charge < -0.3 is 29.7 Å². The topological polar surface area (TPSA) is 125 Å². The van der Waals surface area contributed by atoms with Crippen molar-refractivity contribution in [2.24, 2.45) is 11.8 Å². The third-order valence-corrected chi connectivity index (χ3v) is 8.65. The smallest absolute Gasteiger partial charge is 0.312 e. The summed E-state index contributed by atoms with van der Waals surface area (Å²) in [6, 6.07) is 7.03. The summed E-state index contributed by atoms with van der Waals surface area (Å²) in [6.07, 6.45) is 3.84. The highest BCUT2D eigenvalue weighted by Gasteiger charge is 2.75. The summed E-state index contributed by atoms with van der Waals surface area (Å²) in [5.41, 5.74) is -0.557. The fourth-order valence-electron chi connectivity index (χ4n) is 6.75. The van der Waals surface area contributed by atoms with Crippen molar-refractivity contribution in [1.82, 2.24) is 15.1 Å². The molecule has 10 heteroatoms. The highest BCUT2D eigenvalue weighted by molar-refractivity contribution is 5.98. The summed E-state index contributed by atoms with van der Waals surface area (Å²) in [4.78, 5) is 57.5. The summed E-state index contributed by atoms with van der Waals surface area (Å²) in [6.45, 7) is 12.9. The van der Waals surface area contributed by atoms with E-state index in [1.807, 2.05) is 32.0 Å². The van der Waals surface area contributed by atoms with Crippen molar-refractivity contribution in [3.05, 3.63) is 61.2 Å². The number of amides is 3. The van der Waals surface area contributed by atoms with E-state index >= 15 is 0 Å². The SMILES string of the molecule is C=CCCC(=O)NC[C@H](C)OC(=O)[C@@H]1[C@H]2C(=O)N([C@H](CO)c3ccccc3)[C@H](C(=O)N(CC=C)C(C)C)[C@]23CC[C@H]1O3. The Morgan fingerprint density at radius 3 is 2.55 bits per heavy atom. The van der Waals surface area contributed by atoms with E-state index in [0.29, 0.717) is 31.2 Å². The van der Waals surface area contributed by atoms with Crippen LogP contribution in [0.5, 0.6) is 0 Å². The first-order valence-corrected chi connectivity index (χ1v) is 14.8. The monoisotopic (exact) mass is 581 g/mol. The molecule has 1 aromatic carbocycles. The van der Waals surface area contributed by atoms with Crippen molar-refractivity contribution in [3.8, 4) is 0 Å². The summed E-state index contributed by atoms with van der Waals surface area (Å²) >= 11 is 0. The van der Waals surface area contributed by atoms with Gasteiger partial charge in [0.25, 0.3) is 0 Å². The predicted octanol–water partition coefficient (Wildman–Crippen LogP) is 2.53. The molecule has 3 fully saturated rings. The molecule has 1 spiro atoms. The average molecular weight is 582 g/mol. The Morgan fingerprint density at radius 1 is 1.21 bits per heavy atom. The standard InChI is InChI=1S/C32H43N3O7/c1-6-8-14-25(37)33-18-21(5)41-31(40)26-24-15-16-32(42-24)27(26)29(38)35(23(19-36)22-12-10-9-11-13-22)28(32)30(39)34(17-7-2)20(3)4/h6-7,9-13,20-21,23-24,26-28,36H,1-2,8,14-19H2,3-5H3,(H,33,37)/t21-,23+,24+,26-,27-,28+,32-/m0/s1. The minimum absolute atomic E-state index is 0.127. The Kier molecular flexibility index (Phi) is 9.89. The van der Waals surface area contributed by atoms with Gasteiger partial charge in [0, 0.05) is 19.0 Å². The number of carbonyl (C=O) groups is 4. The Balaban J connectivity index is 1.66. The van der Waals surface area contributed by atoms with Gasteiger partial charge in [-0.05, 0) is 45.6 Å². The molecular formula is C32H43N3O7. The van der Waals surface area contributed by atoms with Crippen LogP contribution in [0.2, 0.25) is 0 Å². The number of fused-ring (bicyclic) bond motifs is 1. The molecule has 0 aromatic heterocycles. The molecule has 3 amide bonds. The maximum Gasteiger partial charge on any atom is 0.312 e. The highest BCUT2D eigenvalue weighted by Crippen LogP contribution is 2.60. The van der Waals surface area contributed by atoms with Crippen LogP contribution in [-0.4, -0.2) is 88.2 Å². The predicted molar refractivity (Wildman–Crippen MR) is 156 cm³/mol. The molecule has 3 aliphatic rings. The Morgan fingerprint density at radius 2 is 1.93 bits per heavy atom. The lowest BCUT2D eigenvalue weighted by Crippen LogP contribution is -2.58. The fourth-order valence-corrected chi connectivity index (χ4v) is 6.75. The van der Waals surface area contributed by atoms with Crippen LogP contribution < -0.4 is 5.32 Å². The van der Waals surface area contributed by atoms with Gasteiger partial charge in [0.05, 0.1) is 37.1 Å². The minimum atomic E-state index is -1.23. The van der Waals surface area contributed by atoms with E-state index in [2.05, 4.69) is 18.5 Å². The molecule has 0 aliphatic carbocycles. The average Bonchev–Trinajstić information content (AvgIpc) is 3.62. The fraction of sp³-hybridized carbons (Fsp3) is 0.562. The number of nitrogens with zero attached hydrogens (tertiary/aromatic N) is 2. The number of nitrogens with one attached hydrogen (secondary N) is 1. The largest absolute Gasteiger partial charge is 0.460 e. The maximum atomic E-state index is 14.4. The van der Waals surface area contributed by atoms with Crippen molar-refractivity contribution in [1.29, 1.82) is 0 Å². The summed E-state index contributed by atoms with van der Waals surface area (Å²) in [5, 5.41) is 13.3. The second-order valence-electron chi connectivity index (χ2n) is 11.7. The second-order valence-corrected chi connectivity index (χ2v) is 11.7. The number of esters is 1. The number of allylic oxidation sites excluding steroid dienone is 1. The Labute approximate surface area is 247 Å². The van der Waals surface area contributed by atoms with E-state index in [9.17, 15) is 24.3 Å². The van der Waals surface area contributed by atoms with Crippen LogP contribution in [0.4, 0.5) is 0 Å². The first-order chi connectivity index (χ1) is 20.1. The van der Waals surface area contributed by atoms with Gasteiger partial charge >= 0.3 is 5.97 Å². The maximum absolute atomic E-state index is 14.4. The van der Waals surface area contributed by atoms with E-state index in [1.165, 1.54) is 4.90 Å². The van der Waals surface area contributed by atoms with Crippen molar-refractivity contribution in [2.45, 2.75) is 82.4 Å². The quantitative estimate of drug-likeness (QED) is 0.256. The second kappa shape index (κ2) is 13.2. The zero-order valence-corrected chi connectivity index (χ0v) is 24.7. The first kappa shape index (κ1) is 31.4. The number of hydrogen-bond donors (Lipinski definition) is 2. The van der Waals surface area contributed by atoms with E-state index < -0.39 is 60.2 Å². The molecule has 1 aromatic rings. The summed E-state index contributed by atoms with van der Waals surface area (Å²) < 4.78 is 12.3. The van der Waals surface area contributed by atoms with Gasteiger partial charge in [-0.15, -0.1) is 13.2 Å². The van der Waals surface area contributed by atoms with Crippen LogP contribution in [0.1, 0.15) is 58.1 Å². The van der Waals surface area contributed by atoms with Crippen LogP contribution in [0.15, 0.2) is 55.6 Å². The van der Waals surface area contributed by atoms with E-state index in [-0.39, 0.29) is 30.9 Å². The normalized spacial score (nSPS) is 27.4. The molecule has 3 saturated heterocycles. The third-order valence-electron chi connectivity index (χ3n) is 8.65. The number of aliphatic hydroxyl groups is 1. The van der Waals surface area contributed by atoms with Gasteiger partial charge in [-0.25, -0.2) is 0 Å². The highest BCUT2D eigenvalue weighted by atomic mass is 16.6. The molecule has 42 heavy (non-hydrogen) atoms. The van der Waals surface area contributed by atoms with Crippen LogP contribution in [0, 0.1) is 11.8 Å². The Hall–Kier alpha value is -3.50. The zero-order chi connectivity index (χ0) is 30.6.